The van der Waals surface area contributed by atoms with Gasteiger partial charge in [0, 0.05) is 12.2 Å². The van der Waals surface area contributed by atoms with Gasteiger partial charge in [-0.25, -0.2) is 0 Å². The largest absolute Gasteiger partial charge is 0.497 e. The van der Waals surface area contributed by atoms with Crippen LogP contribution < -0.4 is 9.47 Å². The Labute approximate surface area is 120 Å². The summed E-state index contributed by atoms with van der Waals surface area (Å²) in [6.07, 6.45) is 1.08. The first-order chi connectivity index (χ1) is 9.17. The van der Waals surface area contributed by atoms with E-state index in [1.807, 2.05) is 18.2 Å². The van der Waals surface area contributed by atoms with Gasteiger partial charge in [0.1, 0.15) is 18.1 Å². The van der Waals surface area contributed by atoms with Crippen LogP contribution in [0.25, 0.3) is 0 Å². The number of rotatable bonds is 9. The van der Waals surface area contributed by atoms with Gasteiger partial charge in [-0.1, -0.05) is 13.8 Å². The monoisotopic (exact) mass is 286 g/mol. The van der Waals surface area contributed by atoms with Gasteiger partial charge >= 0.3 is 0 Å². The van der Waals surface area contributed by atoms with Crippen LogP contribution in [-0.2, 0) is 10.6 Å². The van der Waals surface area contributed by atoms with Gasteiger partial charge < -0.3 is 14.2 Å². The van der Waals surface area contributed by atoms with Gasteiger partial charge in [0.2, 0.25) is 0 Å². The Hall–Kier alpha value is -0.930. The fraction of sp³-hybridized carbons (Fsp3) is 0.600. The molecule has 0 saturated carbocycles. The molecular weight excluding hydrogens is 264 g/mol. The highest BCUT2D eigenvalue weighted by atomic mass is 35.5. The van der Waals surface area contributed by atoms with Gasteiger partial charge in [-0.05, 0) is 30.5 Å². The van der Waals surface area contributed by atoms with E-state index in [9.17, 15) is 0 Å². The summed E-state index contributed by atoms with van der Waals surface area (Å²) in [6, 6.07) is 5.64. The molecule has 0 spiro atoms. The second-order valence-electron chi connectivity index (χ2n) is 4.75. The zero-order valence-electron chi connectivity index (χ0n) is 11.9. The summed E-state index contributed by atoms with van der Waals surface area (Å²) < 4.78 is 16.3. The van der Waals surface area contributed by atoms with Crippen LogP contribution in [0.4, 0.5) is 0 Å². The number of benzene rings is 1. The molecule has 0 aliphatic carbocycles. The third-order valence-corrected chi connectivity index (χ3v) is 3.02. The molecule has 0 atom stereocenters. The standard InChI is InChI=1S/C15H23ClO3/c1-12(2)6-7-18-8-9-19-15-5-4-14(17-3)10-13(15)11-16/h4-5,10,12H,6-9,11H2,1-3H3. The highest BCUT2D eigenvalue weighted by Gasteiger charge is 2.05. The van der Waals surface area contributed by atoms with Crippen LogP contribution in [0.2, 0.25) is 0 Å². The smallest absolute Gasteiger partial charge is 0.124 e. The van der Waals surface area contributed by atoms with E-state index in [0.717, 1.165) is 30.1 Å². The molecular formula is C15H23ClO3. The lowest BCUT2D eigenvalue weighted by Gasteiger charge is -2.12. The maximum Gasteiger partial charge on any atom is 0.124 e. The Balaban J connectivity index is 2.32. The van der Waals surface area contributed by atoms with Gasteiger partial charge in [0.25, 0.3) is 0 Å². The quantitative estimate of drug-likeness (QED) is 0.509. The fourth-order valence-electron chi connectivity index (χ4n) is 1.56. The van der Waals surface area contributed by atoms with Crippen molar-refractivity contribution in [2.24, 2.45) is 5.92 Å². The number of hydrogen-bond acceptors (Lipinski definition) is 3. The van der Waals surface area contributed by atoms with Crippen molar-refractivity contribution in [3.05, 3.63) is 23.8 Å². The first kappa shape index (κ1) is 16.1. The number of alkyl halides is 1. The van der Waals surface area contributed by atoms with Crippen molar-refractivity contribution in [1.82, 2.24) is 0 Å². The Morgan fingerprint density at radius 2 is 1.95 bits per heavy atom. The van der Waals surface area contributed by atoms with Gasteiger partial charge in [-0.3, -0.25) is 0 Å². The third-order valence-electron chi connectivity index (χ3n) is 2.74. The molecule has 1 rings (SSSR count). The normalized spacial score (nSPS) is 10.8. The minimum atomic E-state index is 0.404. The second kappa shape index (κ2) is 9.05. The average molecular weight is 287 g/mol. The van der Waals surface area contributed by atoms with E-state index in [1.54, 1.807) is 7.11 Å². The number of hydrogen-bond donors (Lipinski definition) is 0. The molecule has 1 aromatic carbocycles. The maximum absolute atomic E-state index is 5.89. The minimum Gasteiger partial charge on any atom is -0.497 e. The average Bonchev–Trinajstić information content (AvgIpc) is 2.42. The van der Waals surface area contributed by atoms with E-state index in [2.05, 4.69) is 13.8 Å². The van der Waals surface area contributed by atoms with Crippen LogP contribution in [0.3, 0.4) is 0 Å². The second-order valence-corrected chi connectivity index (χ2v) is 5.02. The van der Waals surface area contributed by atoms with E-state index in [1.165, 1.54) is 0 Å². The molecule has 0 unspecified atom stereocenters. The lowest BCUT2D eigenvalue weighted by molar-refractivity contribution is 0.0923. The molecule has 0 amide bonds. The molecule has 4 heteroatoms. The lowest BCUT2D eigenvalue weighted by atomic mass is 10.1. The van der Waals surface area contributed by atoms with E-state index in [-0.39, 0.29) is 0 Å². The predicted octanol–water partition coefficient (Wildman–Crippen LogP) is 3.88. The Kier molecular flexibility index (Phi) is 7.68. The molecule has 0 fully saturated rings. The minimum absolute atomic E-state index is 0.404. The third kappa shape index (κ3) is 6.17. The summed E-state index contributed by atoms with van der Waals surface area (Å²) in [5, 5.41) is 0. The molecule has 3 nitrogen and oxygen atoms in total. The fourth-order valence-corrected chi connectivity index (χ4v) is 1.77. The molecule has 19 heavy (non-hydrogen) atoms. The summed E-state index contributed by atoms with van der Waals surface area (Å²) in [5.74, 6) is 2.66. The molecule has 0 aliphatic heterocycles. The maximum atomic E-state index is 5.89. The van der Waals surface area contributed by atoms with E-state index in [0.29, 0.717) is 25.0 Å². The Morgan fingerprint density at radius 1 is 1.16 bits per heavy atom. The van der Waals surface area contributed by atoms with Crippen LogP contribution in [0, 0.1) is 5.92 Å². The lowest BCUT2D eigenvalue weighted by Crippen LogP contribution is -2.09. The van der Waals surface area contributed by atoms with E-state index >= 15 is 0 Å². The van der Waals surface area contributed by atoms with E-state index < -0.39 is 0 Å². The number of methoxy groups -OCH3 is 1. The topological polar surface area (TPSA) is 27.7 Å². The summed E-state index contributed by atoms with van der Waals surface area (Å²) in [6.45, 7) is 6.29. The van der Waals surface area contributed by atoms with Gasteiger partial charge in [0.05, 0.1) is 19.6 Å². The molecule has 0 bridgehead atoms. The van der Waals surface area contributed by atoms with Crippen molar-refractivity contribution in [1.29, 1.82) is 0 Å². The molecule has 0 N–H and O–H groups in total. The Morgan fingerprint density at radius 3 is 2.58 bits per heavy atom. The predicted molar refractivity (Wildman–Crippen MR) is 78.3 cm³/mol. The van der Waals surface area contributed by atoms with Crippen LogP contribution in [-0.4, -0.2) is 26.9 Å². The van der Waals surface area contributed by atoms with Crippen LogP contribution in [0.1, 0.15) is 25.8 Å². The number of ether oxygens (including phenoxy) is 3. The van der Waals surface area contributed by atoms with Gasteiger partial charge in [-0.15, -0.1) is 11.6 Å². The Bertz CT molecular complexity index is 366. The molecule has 108 valence electrons. The first-order valence-electron chi connectivity index (χ1n) is 6.60. The van der Waals surface area contributed by atoms with Crippen LogP contribution in [0.15, 0.2) is 18.2 Å². The van der Waals surface area contributed by atoms with Gasteiger partial charge in [-0.2, -0.15) is 0 Å². The van der Waals surface area contributed by atoms with E-state index in [4.69, 9.17) is 25.8 Å². The molecule has 0 heterocycles. The van der Waals surface area contributed by atoms with Crippen LogP contribution in [0.5, 0.6) is 11.5 Å². The van der Waals surface area contributed by atoms with Crippen molar-refractivity contribution < 1.29 is 14.2 Å². The van der Waals surface area contributed by atoms with Crippen molar-refractivity contribution >= 4 is 11.6 Å². The summed E-state index contributed by atoms with van der Waals surface area (Å²) in [7, 11) is 1.64. The summed E-state index contributed by atoms with van der Waals surface area (Å²) in [4.78, 5) is 0. The molecule has 0 aromatic heterocycles. The van der Waals surface area contributed by atoms with Crippen molar-refractivity contribution in [2.45, 2.75) is 26.1 Å². The molecule has 1 aromatic rings. The zero-order valence-corrected chi connectivity index (χ0v) is 12.7. The summed E-state index contributed by atoms with van der Waals surface area (Å²) in [5.41, 5.74) is 0.934. The van der Waals surface area contributed by atoms with Crippen molar-refractivity contribution in [3.8, 4) is 11.5 Å². The zero-order chi connectivity index (χ0) is 14.1. The SMILES string of the molecule is COc1ccc(OCCOCCC(C)C)c(CCl)c1. The summed E-state index contributed by atoms with van der Waals surface area (Å²) >= 11 is 5.89. The van der Waals surface area contributed by atoms with Gasteiger partial charge in [0.15, 0.2) is 0 Å². The molecule has 0 aliphatic rings. The first-order valence-corrected chi connectivity index (χ1v) is 7.14. The van der Waals surface area contributed by atoms with Crippen molar-refractivity contribution in [2.75, 3.05) is 26.9 Å². The number of halogens is 1. The highest BCUT2D eigenvalue weighted by Crippen LogP contribution is 2.25. The molecule has 0 saturated heterocycles. The van der Waals surface area contributed by atoms with Crippen molar-refractivity contribution in [3.63, 3.8) is 0 Å². The highest BCUT2D eigenvalue weighted by molar-refractivity contribution is 6.17. The van der Waals surface area contributed by atoms with Crippen LogP contribution >= 0.6 is 11.6 Å². The molecule has 0 radical (unpaired) electrons.